The summed E-state index contributed by atoms with van der Waals surface area (Å²) in [7, 11) is 0. The minimum atomic E-state index is -0.897. The Hall–Kier alpha value is -2.74. The smallest absolute Gasteiger partial charge is 0.325 e. The first-order chi connectivity index (χ1) is 14.6. The van der Waals surface area contributed by atoms with Crippen LogP contribution in [0.5, 0.6) is 0 Å². The quantitative estimate of drug-likeness (QED) is 0.697. The second-order valence-corrected chi connectivity index (χ2v) is 10.7. The second kappa shape index (κ2) is 7.75. The maximum Gasteiger partial charge on any atom is 0.325 e. The second-order valence-electron chi connectivity index (χ2n) is 9.64. The molecule has 2 aromatic rings. The van der Waals surface area contributed by atoms with Crippen LogP contribution in [0, 0.1) is 18.3 Å². The number of hydrogen-bond acceptors (Lipinski definition) is 5. The summed E-state index contributed by atoms with van der Waals surface area (Å²) in [6.07, 6.45) is 2.20. The molecule has 0 bridgehead atoms. The number of aromatic nitrogens is 1. The number of imide groups is 1. The molecule has 1 spiro atoms. The zero-order valence-electron chi connectivity index (χ0n) is 18.3. The fraction of sp³-hybridized carbons (Fsp3) is 0.478. The van der Waals surface area contributed by atoms with E-state index in [-0.39, 0.29) is 17.9 Å². The molecule has 2 atom stereocenters. The van der Waals surface area contributed by atoms with E-state index in [1.807, 2.05) is 24.4 Å². The Morgan fingerprint density at radius 1 is 1.26 bits per heavy atom. The van der Waals surface area contributed by atoms with E-state index in [9.17, 15) is 14.4 Å². The Bertz CT molecular complexity index is 1030. The third-order valence-electron chi connectivity index (χ3n) is 6.01. The van der Waals surface area contributed by atoms with Crippen LogP contribution in [-0.4, -0.2) is 39.8 Å². The molecule has 4 rings (SSSR count). The van der Waals surface area contributed by atoms with Gasteiger partial charge in [0.25, 0.3) is 5.91 Å². The molecule has 31 heavy (non-hydrogen) atoms. The molecule has 7 nitrogen and oxygen atoms in total. The van der Waals surface area contributed by atoms with Crippen LogP contribution in [-0.2, 0) is 9.59 Å². The molecule has 0 unspecified atom stereocenters. The minimum Gasteiger partial charge on any atom is -0.325 e. The SMILES string of the molecule is Cc1nc(-c2ccc(NC(=O)CN3C(=O)N[C@]4(C[C@H](C)CC(C)(C)C4)C3=O)cc2)cs1. The number of nitrogens with one attached hydrogen (secondary N) is 2. The lowest BCUT2D eigenvalue weighted by Gasteiger charge is -2.43. The molecule has 2 fully saturated rings. The van der Waals surface area contributed by atoms with E-state index in [0.717, 1.165) is 27.6 Å². The molecule has 2 aliphatic rings. The van der Waals surface area contributed by atoms with Gasteiger partial charge in [0.2, 0.25) is 5.91 Å². The summed E-state index contributed by atoms with van der Waals surface area (Å²) in [4.78, 5) is 43.8. The molecular formula is C23H28N4O3S. The van der Waals surface area contributed by atoms with Gasteiger partial charge in [0, 0.05) is 16.6 Å². The molecule has 0 radical (unpaired) electrons. The monoisotopic (exact) mass is 440 g/mol. The van der Waals surface area contributed by atoms with Crippen LogP contribution in [0.2, 0.25) is 0 Å². The predicted octanol–water partition coefficient (Wildman–Crippen LogP) is 4.19. The Morgan fingerprint density at radius 3 is 2.58 bits per heavy atom. The standard InChI is InChI=1S/C23H28N4O3S/c1-14-9-22(3,4)13-23(10-14)20(29)27(21(30)26-23)11-19(28)25-17-7-5-16(6-8-17)18-12-31-15(2)24-18/h5-8,12,14H,9-11,13H2,1-4H3,(H,25,28)(H,26,30)/t14-,23+/m1/s1. The Morgan fingerprint density at radius 2 is 1.97 bits per heavy atom. The molecule has 164 valence electrons. The van der Waals surface area contributed by atoms with Gasteiger partial charge in [-0.1, -0.05) is 32.9 Å². The number of nitrogens with zero attached hydrogens (tertiary/aromatic N) is 2. The van der Waals surface area contributed by atoms with Crippen LogP contribution >= 0.6 is 11.3 Å². The number of amides is 4. The van der Waals surface area contributed by atoms with Crippen molar-refractivity contribution in [2.75, 3.05) is 11.9 Å². The molecule has 2 heterocycles. The zero-order chi connectivity index (χ0) is 22.4. The maximum atomic E-state index is 13.2. The summed E-state index contributed by atoms with van der Waals surface area (Å²) >= 11 is 1.59. The lowest BCUT2D eigenvalue weighted by molar-refractivity contribution is -0.136. The number of carbonyl (C=O) groups excluding carboxylic acids is 3. The first kappa shape index (κ1) is 21.5. The van der Waals surface area contributed by atoms with Crippen molar-refractivity contribution < 1.29 is 14.4 Å². The summed E-state index contributed by atoms with van der Waals surface area (Å²) < 4.78 is 0. The van der Waals surface area contributed by atoms with Gasteiger partial charge >= 0.3 is 6.03 Å². The van der Waals surface area contributed by atoms with Gasteiger partial charge < -0.3 is 10.6 Å². The first-order valence-corrected chi connectivity index (χ1v) is 11.4. The van der Waals surface area contributed by atoms with E-state index in [2.05, 4.69) is 36.4 Å². The Kier molecular flexibility index (Phi) is 5.37. The van der Waals surface area contributed by atoms with Gasteiger partial charge in [-0.05, 0) is 49.7 Å². The third-order valence-corrected chi connectivity index (χ3v) is 6.78. The van der Waals surface area contributed by atoms with Crippen molar-refractivity contribution in [2.45, 2.75) is 52.5 Å². The summed E-state index contributed by atoms with van der Waals surface area (Å²) in [5.41, 5.74) is 1.53. The molecule has 1 aromatic heterocycles. The maximum absolute atomic E-state index is 13.2. The summed E-state index contributed by atoms with van der Waals surface area (Å²) in [6, 6.07) is 6.87. The van der Waals surface area contributed by atoms with Crippen LogP contribution in [0.15, 0.2) is 29.6 Å². The number of hydrogen-bond donors (Lipinski definition) is 2. The topological polar surface area (TPSA) is 91.4 Å². The summed E-state index contributed by atoms with van der Waals surface area (Å²) in [5, 5.41) is 8.67. The van der Waals surface area contributed by atoms with Crippen LogP contribution < -0.4 is 10.6 Å². The van der Waals surface area contributed by atoms with E-state index in [1.54, 1.807) is 23.5 Å². The van der Waals surface area contributed by atoms with Gasteiger partial charge in [0.1, 0.15) is 12.1 Å². The predicted molar refractivity (Wildman–Crippen MR) is 121 cm³/mol. The van der Waals surface area contributed by atoms with Crippen LogP contribution in [0.1, 0.15) is 45.0 Å². The molecule has 1 aromatic carbocycles. The van der Waals surface area contributed by atoms with Gasteiger partial charge in [0.15, 0.2) is 0 Å². The van der Waals surface area contributed by atoms with Crippen molar-refractivity contribution in [3.8, 4) is 11.3 Å². The lowest BCUT2D eigenvalue weighted by atomic mass is 9.64. The number of benzene rings is 1. The van der Waals surface area contributed by atoms with Gasteiger partial charge in [-0.15, -0.1) is 11.3 Å². The van der Waals surface area contributed by atoms with Gasteiger partial charge in [0.05, 0.1) is 10.7 Å². The van der Waals surface area contributed by atoms with Gasteiger partial charge in [-0.3, -0.25) is 14.5 Å². The number of thiazole rings is 1. The van der Waals surface area contributed by atoms with Gasteiger partial charge in [-0.25, -0.2) is 9.78 Å². The van der Waals surface area contributed by atoms with Crippen molar-refractivity contribution in [1.82, 2.24) is 15.2 Å². The molecule has 1 saturated heterocycles. The Balaban J connectivity index is 1.41. The van der Waals surface area contributed by atoms with E-state index >= 15 is 0 Å². The van der Waals surface area contributed by atoms with E-state index in [4.69, 9.17) is 0 Å². The lowest BCUT2D eigenvalue weighted by Crippen LogP contribution is -2.54. The number of aryl methyl sites for hydroxylation is 1. The highest BCUT2D eigenvalue weighted by Crippen LogP contribution is 2.46. The number of rotatable bonds is 4. The molecule has 1 aliphatic heterocycles. The van der Waals surface area contributed by atoms with E-state index < -0.39 is 17.5 Å². The van der Waals surface area contributed by atoms with Crippen LogP contribution in [0.4, 0.5) is 10.5 Å². The highest BCUT2D eigenvalue weighted by atomic mass is 32.1. The number of urea groups is 1. The Labute approximate surface area is 186 Å². The van der Waals surface area contributed by atoms with Crippen molar-refractivity contribution in [1.29, 1.82) is 0 Å². The molecule has 1 saturated carbocycles. The van der Waals surface area contributed by atoms with Crippen LogP contribution in [0.3, 0.4) is 0 Å². The van der Waals surface area contributed by atoms with E-state index in [0.29, 0.717) is 24.4 Å². The van der Waals surface area contributed by atoms with Gasteiger partial charge in [-0.2, -0.15) is 0 Å². The fourth-order valence-electron chi connectivity index (χ4n) is 5.21. The summed E-state index contributed by atoms with van der Waals surface area (Å²) in [6.45, 7) is 8.01. The fourth-order valence-corrected chi connectivity index (χ4v) is 5.84. The normalized spacial score (nSPS) is 25.0. The zero-order valence-corrected chi connectivity index (χ0v) is 19.1. The molecule has 4 amide bonds. The molecule has 1 aliphatic carbocycles. The molecular weight excluding hydrogens is 412 g/mol. The number of anilines is 1. The van der Waals surface area contributed by atoms with Crippen molar-refractivity contribution in [3.63, 3.8) is 0 Å². The average Bonchev–Trinajstić information content (AvgIpc) is 3.18. The summed E-state index contributed by atoms with van der Waals surface area (Å²) in [5.74, 6) is -0.371. The van der Waals surface area contributed by atoms with Crippen LogP contribution in [0.25, 0.3) is 11.3 Å². The average molecular weight is 441 g/mol. The van der Waals surface area contributed by atoms with E-state index in [1.165, 1.54) is 0 Å². The highest BCUT2D eigenvalue weighted by molar-refractivity contribution is 7.09. The first-order valence-electron chi connectivity index (χ1n) is 10.5. The van der Waals surface area contributed by atoms with Crippen molar-refractivity contribution in [2.24, 2.45) is 11.3 Å². The molecule has 8 heteroatoms. The van der Waals surface area contributed by atoms with Crippen molar-refractivity contribution >= 4 is 34.9 Å². The third kappa shape index (κ3) is 4.35. The highest BCUT2D eigenvalue weighted by Gasteiger charge is 2.56. The minimum absolute atomic E-state index is 0.0452. The largest absolute Gasteiger partial charge is 0.325 e. The number of carbonyl (C=O) groups is 3. The molecule has 2 N–H and O–H groups in total. The van der Waals surface area contributed by atoms with Crippen molar-refractivity contribution in [3.05, 3.63) is 34.7 Å².